The number of nitrogens with zero attached hydrogens (tertiary/aromatic N) is 2. The van der Waals surface area contributed by atoms with Gasteiger partial charge in [0.05, 0.1) is 18.8 Å². The standard InChI is InChI=1S/C28H30ClF3N2O4/c29-24-3-1-2-21(16-24)25(35)15-19-14-22(20-4-6-23(7-5-20)28(30,31)32)18-34(17-19)26(36)33-10-8-27(9-11-33)37-12-13-38-27/h1-7,16,19,22H,8-15,17-18H2. The number of likely N-dealkylation sites (tertiary alicyclic amines) is 2. The summed E-state index contributed by atoms with van der Waals surface area (Å²) >= 11 is 6.07. The highest BCUT2D eigenvalue weighted by Gasteiger charge is 2.42. The predicted molar refractivity (Wildman–Crippen MR) is 135 cm³/mol. The number of piperidine rings is 2. The molecule has 3 heterocycles. The van der Waals surface area contributed by atoms with Gasteiger partial charge in [-0.2, -0.15) is 13.2 Å². The molecule has 3 aliphatic rings. The first-order valence-electron chi connectivity index (χ1n) is 12.9. The molecule has 2 atom stereocenters. The van der Waals surface area contributed by atoms with Crippen molar-refractivity contribution in [2.24, 2.45) is 5.92 Å². The number of ketones is 1. The molecule has 2 amide bonds. The summed E-state index contributed by atoms with van der Waals surface area (Å²) in [6.07, 6.45) is -2.44. The van der Waals surface area contributed by atoms with E-state index in [0.717, 1.165) is 17.7 Å². The maximum atomic E-state index is 13.6. The molecule has 3 saturated heterocycles. The number of carbonyl (C=O) groups excluding carboxylic acids is 2. The van der Waals surface area contributed by atoms with Gasteiger partial charge in [-0.3, -0.25) is 4.79 Å². The average molecular weight is 551 g/mol. The lowest BCUT2D eigenvalue weighted by atomic mass is 9.81. The van der Waals surface area contributed by atoms with E-state index in [9.17, 15) is 22.8 Å². The fourth-order valence-corrected chi connectivity index (χ4v) is 5.95. The van der Waals surface area contributed by atoms with Gasteiger partial charge in [0.2, 0.25) is 0 Å². The van der Waals surface area contributed by atoms with Crippen LogP contribution in [0.15, 0.2) is 48.5 Å². The van der Waals surface area contributed by atoms with Crippen LogP contribution in [0.5, 0.6) is 0 Å². The van der Waals surface area contributed by atoms with Crippen LogP contribution in [-0.2, 0) is 15.7 Å². The van der Waals surface area contributed by atoms with Crippen LogP contribution in [0.4, 0.5) is 18.0 Å². The van der Waals surface area contributed by atoms with Crippen LogP contribution < -0.4 is 0 Å². The number of urea groups is 1. The minimum absolute atomic E-state index is 0.0755. The Balaban J connectivity index is 1.32. The van der Waals surface area contributed by atoms with E-state index in [0.29, 0.717) is 69.2 Å². The molecule has 5 rings (SSSR count). The van der Waals surface area contributed by atoms with Crippen molar-refractivity contribution < 1.29 is 32.2 Å². The summed E-state index contributed by atoms with van der Waals surface area (Å²) in [5.41, 5.74) is 0.516. The van der Waals surface area contributed by atoms with Crippen molar-refractivity contribution in [3.63, 3.8) is 0 Å². The van der Waals surface area contributed by atoms with Crippen molar-refractivity contribution in [1.82, 2.24) is 9.80 Å². The Morgan fingerprint density at radius 3 is 2.29 bits per heavy atom. The molecule has 0 saturated carbocycles. The number of carbonyl (C=O) groups is 2. The molecule has 204 valence electrons. The molecule has 3 aliphatic heterocycles. The smallest absolute Gasteiger partial charge is 0.347 e. The van der Waals surface area contributed by atoms with Crippen molar-refractivity contribution in [1.29, 1.82) is 0 Å². The SMILES string of the molecule is O=C(CC1CC(c2ccc(C(F)(F)F)cc2)CN(C(=O)N2CCC3(CC2)OCCO3)C1)c1cccc(Cl)c1. The Bertz CT molecular complexity index is 1160. The normalized spacial score (nSPS) is 23.6. The van der Waals surface area contributed by atoms with Crippen LogP contribution in [0.25, 0.3) is 0 Å². The van der Waals surface area contributed by atoms with Crippen LogP contribution in [0.2, 0.25) is 5.02 Å². The topological polar surface area (TPSA) is 59.1 Å². The fraction of sp³-hybridized carbons (Fsp3) is 0.500. The van der Waals surface area contributed by atoms with Crippen LogP contribution in [0.1, 0.15) is 53.1 Å². The van der Waals surface area contributed by atoms with Crippen LogP contribution in [-0.4, -0.2) is 66.8 Å². The van der Waals surface area contributed by atoms with Gasteiger partial charge < -0.3 is 19.3 Å². The van der Waals surface area contributed by atoms with E-state index in [4.69, 9.17) is 21.1 Å². The molecule has 2 unspecified atom stereocenters. The Morgan fingerprint density at radius 2 is 1.66 bits per heavy atom. The number of benzene rings is 2. The molecule has 0 aromatic heterocycles. The second kappa shape index (κ2) is 10.9. The van der Waals surface area contributed by atoms with Gasteiger partial charge in [0, 0.05) is 61.9 Å². The third-order valence-electron chi connectivity index (χ3n) is 7.75. The van der Waals surface area contributed by atoms with E-state index in [1.54, 1.807) is 34.1 Å². The van der Waals surface area contributed by atoms with Gasteiger partial charge in [-0.25, -0.2) is 4.79 Å². The molecular weight excluding hydrogens is 521 g/mol. The van der Waals surface area contributed by atoms with Crippen molar-refractivity contribution in [2.45, 2.75) is 43.6 Å². The largest absolute Gasteiger partial charge is 0.416 e. The summed E-state index contributed by atoms with van der Waals surface area (Å²) in [7, 11) is 0. The minimum atomic E-state index is -4.42. The van der Waals surface area contributed by atoms with Crippen molar-refractivity contribution in [3.8, 4) is 0 Å². The molecule has 0 radical (unpaired) electrons. The van der Waals surface area contributed by atoms with Crippen LogP contribution >= 0.6 is 11.6 Å². The quantitative estimate of drug-likeness (QED) is 0.438. The fourth-order valence-electron chi connectivity index (χ4n) is 5.76. The zero-order chi connectivity index (χ0) is 26.9. The highest BCUT2D eigenvalue weighted by Crippen LogP contribution is 2.37. The number of Topliss-reactive ketones (excluding diaryl/α,β-unsaturated/α-hetero) is 1. The van der Waals surface area contributed by atoms with Gasteiger partial charge in [-0.05, 0) is 42.2 Å². The van der Waals surface area contributed by atoms with Crippen LogP contribution in [0.3, 0.4) is 0 Å². The molecule has 6 nitrogen and oxygen atoms in total. The number of alkyl halides is 3. The van der Waals surface area contributed by atoms with Gasteiger partial charge >= 0.3 is 12.2 Å². The lowest BCUT2D eigenvalue weighted by molar-refractivity contribution is -0.182. The number of halogens is 4. The summed E-state index contributed by atoms with van der Waals surface area (Å²) in [5.74, 6) is -1.02. The Labute approximate surface area is 224 Å². The second-order valence-corrected chi connectivity index (χ2v) is 10.8. The van der Waals surface area contributed by atoms with Crippen LogP contribution in [0, 0.1) is 5.92 Å². The monoisotopic (exact) mass is 550 g/mol. The second-order valence-electron chi connectivity index (χ2n) is 10.3. The molecule has 10 heteroatoms. The molecule has 2 aromatic carbocycles. The number of hydrogen-bond donors (Lipinski definition) is 0. The van der Waals surface area contributed by atoms with E-state index in [2.05, 4.69) is 0 Å². The van der Waals surface area contributed by atoms with E-state index in [1.165, 1.54) is 12.1 Å². The first-order chi connectivity index (χ1) is 18.1. The summed E-state index contributed by atoms with van der Waals surface area (Å²) in [5, 5.41) is 0.469. The molecule has 2 aromatic rings. The number of ether oxygens (including phenoxy) is 2. The molecule has 38 heavy (non-hydrogen) atoms. The molecule has 3 fully saturated rings. The molecule has 0 N–H and O–H groups in total. The summed E-state index contributed by atoms with van der Waals surface area (Å²) in [6, 6.07) is 11.7. The third-order valence-corrected chi connectivity index (χ3v) is 7.98. The third kappa shape index (κ3) is 6.00. The molecule has 0 aliphatic carbocycles. The molecular formula is C28H30ClF3N2O4. The van der Waals surface area contributed by atoms with Gasteiger partial charge in [-0.15, -0.1) is 0 Å². The highest BCUT2D eigenvalue weighted by molar-refractivity contribution is 6.31. The first-order valence-corrected chi connectivity index (χ1v) is 13.3. The maximum absolute atomic E-state index is 13.6. The summed E-state index contributed by atoms with van der Waals surface area (Å²) in [4.78, 5) is 30.2. The number of hydrogen-bond acceptors (Lipinski definition) is 4. The Kier molecular flexibility index (Phi) is 7.71. The number of rotatable bonds is 4. The van der Waals surface area contributed by atoms with Crippen molar-refractivity contribution in [3.05, 3.63) is 70.2 Å². The van der Waals surface area contributed by atoms with Gasteiger partial charge in [0.25, 0.3) is 0 Å². The molecule has 1 spiro atoms. The predicted octanol–water partition coefficient (Wildman–Crippen LogP) is 6.00. The summed E-state index contributed by atoms with van der Waals surface area (Å²) < 4.78 is 50.9. The lowest BCUT2D eigenvalue weighted by Crippen LogP contribution is -2.54. The zero-order valence-electron chi connectivity index (χ0n) is 20.9. The van der Waals surface area contributed by atoms with E-state index in [-0.39, 0.29) is 30.1 Å². The van der Waals surface area contributed by atoms with Gasteiger partial charge in [-0.1, -0.05) is 35.9 Å². The lowest BCUT2D eigenvalue weighted by Gasteiger charge is -2.43. The van der Waals surface area contributed by atoms with Crippen molar-refractivity contribution >= 4 is 23.4 Å². The van der Waals surface area contributed by atoms with E-state index >= 15 is 0 Å². The average Bonchev–Trinajstić information content (AvgIpc) is 3.36. The van der Waals surface area contributed by atoms with Gasteiger partial charge in [0.15, 0.2) is 11.6 Å². The highest BCUT2D eigenvalue weighted by atomic mass is 35.5. The van der Waals surface area contributed by atoms with Crippen molar-refractivity contribution in [2.75, 3.05) is 39.4 Å². The van der Waals surface area contributed by atoms with E-state index < -0.39 is 17.5 Å². The van der Waals surface area contributed by atoms with Gasteiger partial charge in [0.1, 0.15) is 0 Å². The first kappa shape index (κ1) is 27.0. The minimum Gasteiger partial charge on any atom is -0.347 e. The maximum Gasteiger partial charge on any atom is 0.416 e. The summed E-state index contributed by atoms with van der Waals surface area (Å²) in [6.45, 7) is 2.87. The zero-order valence-corrected chi connectivity index (χ0v) is 21.6. The Morgan fingerprint density at radius 1 is 0.974 bits per heavy atom. The molecule has 0 bridgehead atoms. The van der Waals surface area contributed by atoms with E-state index in [1.807, 2.05) is 0 Å². The Hall–Kier alpha value is -2.62. The number of amides is 2.